The maximum atomic E-state index is 13.4. The molecule has 0 radical (unpaired) electrons. The minimum absolute atomic E-state index is 0.00278. The zero-order valence-corrected chi connectivity index (χ0v) is 18.9. The average molecular weight is 446 g/mol. The third-order valence-electron chi connectivity index (χ3n) is 6.10. The Labute approximate surface area is 193 Å². The summed E-state index contributed by atoms with van der Waals surface area (Å²) in [5.74, 6) is -0.419. The summed E-state index contributed by atoms with van der Waals surface area (Å²) in [5, 5.41) is 3.07. The van der Waals surface area contributed by atoms with Crippen molar-refractivity contribution in [1.29, 1.82) is 0 Å². The molecule has 0 unspecified atom stereocenters. The van der Waals surface area contributed by atoms with Crippen molar-refractivity contribution in [2.75, 3.05) is 13.1 Å². The number of nitrogens with one attached hydrogen (secondary N) is 1. The normalized spacial score (nSPS) is 17.9. The van der Waals surface area contributed by atoms with Crippen LogP contribution >= 0.6 is 0 Å². The number of rotatable bonds is 6. The standard InChI is InChI=1S/C27H28FN3O2/c1-19(2)30-26(33)27(12-14-31(18-27)25(32)23-7-4-13-29-17-23)16-20-5-3-6-22(15-20)21-8-10-24(28)11-9-21/h3-11,13,15,17,19H,12,14,16,18H2,1-2H3,(H,30,33)/t27-/m1/s1. The average Bonchev–Trinajstić information content (AvgIpc) is 3.25. The van der Waals surface area contributed by atoms with E-state index in [0.29, 0.717) is 31.5 Å². The number of aromatic nitrogens is 1. The highest BCUT2D eigenvalue weighted by Crippen LogP contribution is 2.36. The van der Waals surface area contributed by atoms with E-state index in [4.69, 9.17) is 0 Å². The van der Waals surface area contributed by atoms with Gasteiger partial charge in [-0.25, -0.2) is 4.39 Å². The summed E-state index contributed by atoms with van der Waals surface area (Å²) in [6.45, 7) is 4.74. The van der Waals surface area contributed by atoms with E-state index in [-0.39, 0.29) is 23.7 Å². The third kappa shape index (κ3) is 5.11. The van der Waals surface area contributed by atoms with Gasteiger partial charge in [0, 0.05) is 31.5 Å². The molecule has 1 aliphatic rings. The van der Waals surface area contributed by atoms with Gasteiger partial charge in [0.25, 0.3) is 5.91 Å². The molecule has 1 aromatic heterocycles. The van der Waals surface area contributed by atoms with E-state index in [9.17, 15) is 14.0 Å². The quantitative estimate of drug-likeness (QED) is 0.608. The van der Waals surface area contributed by atoms with Crippen molar-refractivity contribution in [2.24, 2.45) is 5.41 Å². The molecule has 2 heterocycles. The first-order valence-corrected chi connectivity index (χ1v) is 11.2. The highest BCUT2D eigenvalue weighted by atomic mass is 19.1. The number of nitrogens with zero attached hydrogens (tertiary/aromatic N) is 2. The Bertz CT molecular complexity index is 1130. The van der Waals surface area contributed by atoms with E-state index >= 15 is 0 Å². The Hall–Kier alpha value is -3.54. The first-order valence-electron chi connectivity index (χ1n) is 11.2. The Morgan fingerprint density at radius 1 is 1.09 bits per heavy atom. The van der Waals surface area contributed by atoms with Gasteiger partial charge < -0.3 is 10.2 Å². The van der Waals surface area contributed by atoms with Crippen LogP contribution in [0.4, 0.5) is 4.39 Å². The molecule has 1 fully saturated rings. The van der Waals surface area contributed by atoms with Gasteiger partial charge in [-0.05, 0) is 67.6 Å². The molecular weight excluding hydrogens is 417 g/mol. The van der Waals surface area contributed by atoms with E-state index in [1.54, 1.807) is 41.6 Å². The van der Waals surface area contributed by atoms with Gasteiger partial charge in [-0.3, -0.25) is 14.6 Å². The van der Waals surface area contributed by atoms with Crippen molar-refractivity contribution < 1.29 is 14.0 Å². The number of benzene rings is 2. The molecule has 4 rings (SSSR count). The molecule has 6 heteroatoms. The highest BCUT2D eigenvalue weighted by molar-refractivity contribution is 5.95. The Kier molecular flexibility index (Phi) is 6.54. The number of carbonyl (C=O) groups excluding carboxylic acids is 2. The van der Waals surface area contributed by atoms with Gasteiger partial charge >= 0.3 is 0 Å². The Balaban J connectivity index is 1.61. The largest absolute Gasteiger partial charge is 0.353 e. The molecule has 2 amide bonds. The second-order valence-electron chi connectivity index (χ2n) is 9.01. The van der Waals surface area contributed by atoms with E-state index in [1.165, 1.54) is 12.1 Å². The summed E-state index contributed by atoms with van der Waals surface area (Å²) >= 11 is 0. The Morgan fingerprint density at radius 2 is 1.88 bits per heavy atom. The molecule has 0 aliphatic carbocycles. The smallest absolute Gasteiger partial charge is 0.255 e. The maximum Gasteiger partial charge on any atom is 0.255 e. The van der Waals surface area contributed by atoms with E-state index in [0.717, 1.165) is 16.7 Å². The summed E-state index contributed by atoms with van der Waals surface area (Å²) in [5.41, 5.74) is 2.69. The van der Waals surface area contributed by atoms with Crippen molar-refractivity contribution in [1.82, 2.24) is 15.2 Å². The summed E-state index contributed by atoms with van der Waals surface area (Å²) in [6, 6.07) is 17.9. The molecular formula is C27H28FN3O2. The molecule has 3 aromatic rings. The van der Waals surface area contributed by atoms with Crippen molar-refractivity contribution >= 4 is 11.8 Å². The summed E-state index contributed by atoms with van der Waals surface area (Å²) in [6.07, 6.45) is 4.29. The minimum atomic E-state index is -0.719. The van der Waals surface area contributed by atoms with Crippen molar-refractivity contribution in [2.45, 2.75) is 32.7 Å². The number of hydrogen-bond donors (Lipinski definition) is 1. The van der Waals surface area contributed by atoms with E-state index < -0.39 is 5.41 Å². The van der Waals surface area contributed by atoms with Crippen LogP contribution in [0.15, 0.2) is 73.1 Å². The van der Waals surface area contributed by atoms with Gasteiger partial charge in [0.2, 0.25) is 5.91 Å². The van der Waals surface area contributed by atoms with Crippen LogP contribution in [0, 0.1) is 11.2 Å². The lowest BCUT2D eigenvalue weighted by Crippen LogP contribution is -2.47. The lowest BCUT2D eigenvalue weighted by Gasteiger charge is -2.29. The number of carbonyl (C=O) groups is 2. The zero-order valence-electron chi connectivity index (χ0n) is 18.9. The van der Waals surface area contributed by atoms with Crippen LogP contribution in [0.2, 0.25) is 0 Å². The van der Waals surface area contributed by atoms with Crippen molar-refractivity contribution in [3.8, 4) is 11.1 Å². The predicted octanol–water partition coefficient (Wildman–Crippen LogP) is 4.49. The number of amides is 2. The maximum absolute atomic E-state index is 13.4. The van der Waals surface area contributed by atoms with Crippen molar-refractivity contribution in [3.05, 3.63) is 90.0 Å². The van der Waals surface area contributed by atoms with Crippen LogP contribution in [-0.2, 0) is 11.2 Å². The highest BCUT2D eigenvalue weighted by Gasteiger charge is 2.46. The van der Waals surface area contributed by atoms with Gasteiger partial charge in [0.1, 0.15) is 5.82 Å². The molecule has 170 valence electrons. The lowest BCUT2D eigenvalue weighted by atomic mass is 9.79. The fourth-order valence-electron chi connectivity index (χ4n) is 4.44. The van der Waals surface area contributed by atoms with Crippen LogP contribution < -0.4 is 5.32 Å². The summed E-state index contributed by atoms with van der Waals surface area (Å²) in [7, 11) is 0. The van der Waals surface area contributed by atoms with Crippen LogP contribution in [0.3, 0.4) is 0 Å². The third-order valence-corrected chi connectivity index (χ3v) is 6.10. The van der Waals surface area contributed by atoms with E-state index in [1.807, 2.05) is 38.1 Å². The van der Waals surface area contributed by atoms with Gasteiger partial charge in [-0.1, -0.05) is 36.4 Å². The van der Waals surface area contributed by atoms with Gasteiger partial charge in [-0.2, -0.15) is 0 Å². The summed E-state index contributed by atoms with van der Waals surface area (Å²) < 4.78 is 13.3. The number of pyridine rings is 1. The van der Waals surface area contributed by atoms with Gasteiger partial charge in [0.05, 0.1) is 11.0 Å². The fourth-order valence-corrected chi connectivity index (χ4v) is 4.44. The van der Waals surface area contributed by atoms with Gasteiger partial charge in [-0.15, -0.1) is 0 Å². The molecule has 0 spiro atoms. The first kappa shape index (κ1) is 22.6. The van der Waals surface area contributed by atoms with Crippen LogP contribution in [-0.4, -0.2) is 40.8 Å². The molecule has 0 bridgehead atoms. The molecule has 2 aromatic carbocycles. The van der Waals surface area contributed by atoms with Crippen molar-refractivity contribution in [3.63, 3.8) is 0 Å². The number of likely N-dealkylation sites (tertiary alicyclic amines) is 1. The minimum Gasteiger partial charge on any atom is -0.353 e. The first-order chi connectivity index (χ1) is 15.9. The molecule has 1 saturated heterocycles. The second-order valence-corrected chi connectivity index (χ2v) is 9.01. The fraction of sp³-hybridized carbons (Fsp3) is 0.296. The van der Waals surface area contributed by atoms with Crippen LogP contribution in [0.1, 0.15) is 36.2 Å². The molecule has 1 aliphatic heterocycles. The topological polar surface area (TPSA) is 62.3 Å². The number of hydrogen-bond acceptors (Lipinski definition) is 3. The molecule has 1 atom stereocenters. The second kappa shape index (κ2) is 9.53. The summed E-state index contributed by atoms with van der Waals surface area (Å²) in [4.78, 5) is 32.2. The SMILES string of the molecule is CC(C)NC(=O)[C@@]1(Cc2cccc(-c3ccc(F)cc3)c2)CCN(C(=O)c2cccnc2)C1. The molecule has 5 nitrogen and oxygen atoms in total. The lowest BCUT2D eigenvalue weighted by molar-refractivity contribution is -0.130. The van der Waals surface area contributed by atoms with Crippen LogP contribution in [0.5, 0.6) is 0 Å². The zero-order chi connectivity index (χ0) is 23.4. The van der Waals surface area contributed by atoms with Gasteiger partial charge in [0.15, 0.2) is 0 Å². The monoisotopic (exact) mass is 445 g/mol. The molecule has 1 N–H and O–H groups in total. The van der Waals surface area contributed by atoms with E-state index in [2.05, 4.69) is 10.3 Å². The Morgan fingerprint density at radius 3 is 2.58 bits per heavy atom. The van der Waals surface area contributed by atoms with Crippen LogP contribution in [0.25, 0.3) is 11.1 Å². The predicted molar refractivity (Wildman–Crippen MR) is 126 cm³/mol. The molecule has 0 saturated carbocycles. The molecule has 33 heavy (non-hydrogen) atoms. The number of halogens is 1.